The molecule has 6 heteroatoms. The molecule has 15 heavy (non-hydrogen) atoms. The van der Waals surface area contributed by atoms with Crippen molar-refractivity contribution in [3.05, 3.63) is 10.1 Å². The number of amides is 1. The highest BCUT2D eigenvalue weighted by molar-refractivity contribution is 5.77. The molecule has 0 spiro atoms. The molecule has 0 bridgehead atoms. The highest BCUT2D eigenvalue weighted by atomic mass is 16.6. The summed E-state index contributed by atoms with van der Waals surface area (Å²) in [5, 5.41) is 13.6. The summed E-state index contributed by atoms with van der Waals surface area (Å²) >= 11 is 0. The van der Waals surface area contributed by atoms with Gasteiger partial charge in [-0.1, -0.05) is 6.92 Å². The van der Waals surface area contributed by atoms with Gasteiger partial charge in [-0.3, -0.25) is 14.9 Å². The van der Waals surface area contributed by atoms with Crippen LogP contribution in [0.2, 0.25) is 0 Å². The van der Waals surface area contributed by atoms with E-state index in [0.29, 0.717) is 19.6 Å². The maximum atomic E-state index is 11.3. The lowest BCUT2D eigenvalue weighted by molar-refractivity contribution is -0.533. The summed E-state index contributed by atoms with van der Waals surface area (Å²) in [6.45, 7) is 2.90. The summed E-state index contributed by atoms with van der Waals surface area (Å²) in [5.41, 5.74) is -0.270. The van der Waals surface area contributed by atoms with E-state index in [1.54, 1.807) is 0 Å². The Bertz CT molecular complexity index is 300. The smallest absolute Gasteiger partial charge is 0.234 e. The molecule has 0 radical (unpaired) electrons. The molecule has 1 amide bonds. The van der Waals surface area contributed by atoms with Gasteiger partial charge in [-0.05, 0) is 0 Å². The van der Waals surface area contributed by atoms with Crippen molar-refractivity contribution in [1.29, 1.82) is 0 Å². The fourth-order valence-corrected chi connectivity index (χ4v) is 2.26. The SMILES string of the molecule is CC1([C@@H]2NC(=O)CC[C@@H]2[N+](=O)[O-])COC1. The molecule has 0 saturated carbocycles. The molecule has 0 aromatic rings. The van der Waals surface area contributed by atoms with Gasteiger partial charge < -0.3 is 10.1 Å². The Balaban J connectivity index is 2.16. The fraction of sp³-hybridized carbons (Fsp3) is 0.889. The molecule has 2 saturated heterocycles. The quantitative estimate of drug-likeness (QED) is 0.516. The number of nitro groups is 1. The number of nitrogens with zero attached hydrogens (tertiary/aromatic N) is 1. The van der Waals surface area contributed by atoms with Crippen LogP contribution in [0.4, 0.5) is 0 Å². The maximum absolute atomic E-state index is 11.3. The molecule has 2 aliphatic rings. The van der Waals surface area contributed by atoms with E-state index in [1.165, 1.54) is 0 Å². The second kappa shape index (κ2) is 3.44. The van der Waals surface area contributed by atoms with Crippen LogP contribution in [0.25, 0.3) is 0 Å². The van der Waals surface area contributed by atoms with E-state index in [0.717, 1.165) is 0 Å². The summed E-state index contributed by atoms with van der Waals surface area (Å²) in [7, 11) is 0. The molecular weight excluding hydrogens is 200 g/mol. The minimum atomic E-state index is -0.670. The van der Waals surface area contributed by atoms with E-state index in [9.17, 15) is 14.9 Å². The Morgan fingerprint density at radius 1 is 1.60 bits per heavy atom. The molecule has 0 aromatic heterocycles. The van der Waals surface area contributed by atoms with Crippen molar-refractivity contribution in [3.63, 3.8) is 0 Å². The molecule has 0 unspecified atom stereocenters. The van der Waals surface area contributed by atoms with Gasteiger partial charge in [0.2, 0.25) is 11.9 Å². The van der Waals surface area contributed by atoms with Crippen LogP contribution in [0.1, 0.15) is 19.8 Å². The lowest BCUT2D eigenvalue weighted by Crippen LogP contribution is -2.64. The number of carbonyl (C=O) groups excluding carboxylic acids is 1. The maximum Gasteiger partial charge on any atom is 0.234 e. The summed E-state index contributed by atoms with van der Waals surface area (Å²) in [6, 6.07) is -1.06. The van der Waals surface area contributed by atoms with E-state index in [2.05, 4.69) is 5.32 Å². The predicted octanol–water partition coefficient (Wildman–Crippen LogP) is -0.0532. The zero-order chi connectivity index (χ0) is 11.1. The average Bonchev–Trinajstić information content (AvgIpc) is 2.13. The van der Waals surface area contributed by atoms with Crippen molar-refractivity contribution in [2.45, 2.75) is 31.8 Å². The summed E-state index contributed by atoms with van der Waals surface area (Å²) in [6.07, 6.45) is 0.582. The minimum absolute atomic E-state index is 0.0915. The lowest BCUT2D eigenvalue weighted by atomic mass is 9.74. The monoisotopic (exact) mass is 214 g/mol. The van der Waals surface area contributed by atoms with Crippen LogP contribution in [-0.4, -0.2) is 36.1 Å². The standard InChI is InChI=1S/C9H14N2O4/c1-9(4-15-5-9)8-6(11(13)14)2-3-7(12)10-8/h6,8H,2-5H2,1H3,(H,10,12)/t6-,8+/m0/s1. The summed E-state index contributed by atoms with van der Waals surface area (Å²) in [4.78, 5) is 21.8. The second-order valence-corrected chi connectivity index (χ2v) is 4.58. The number of ether oxygens (including phenoxy) is 1. The first-order valence-corrected chi connectivity index (χ1v) is 5.03. The average molecular weight is 214 g/mol. The van der Waals surface area contributed by atoms with Crippen LogP contribution >= 0.6 is 0 Å². The Hall–Kier alpha value is -1.17. The van der Waals surface area contributed by atoms with Gasteiger partial charge in [-0.25, -0.2) is 0 Å². The highest BCUT2D eigenvalue weighted by Crippen LogP contribution is 2.35. The first-order valence-electron chi connectivity index (χ1n) is 5.03. The first-order chi connectivity index (χ1) is 7.03. The number of hydrogen-bond acceptors (Lipinski definition) is 4. The zero-order valence-corrected chi connectivity index (χ0v) is 8.56. The van der Waals surface area contributed by atoms with Crippen molar-refractivity contribution < 1.29 is 14.5 Å². The molecule has 84 valence electrons. The van der Waals surface area contributed by atoms with Crippen LogP contribution in [0, 0.1) is 15.5 Å². The zero-order valence-electron chi connectivity index (χ0n) is 8.56. The molecule has 2 heterocycles. The van der Waals surface area contributed by atoms with Crippen molar-refractivity contribution in [2.24, 2.45) is 5.41 Å². The third kappa shape index (κ3) is 1.69. The van der Waals surface area contributed by atoms with Crippen molar-refractivity contribution in [2.75, 3.05) is 13.2 Å². The highest BCUT2D eigenvalue weighted by Gasteiger charge is 2.52. The predicted molar refractivity (Wildman–Crippen MR) is 50.9 cm³/mol. The van der Waals surface area contributed by atoms with Gasteiger partial charge in [0.05, 0.1) is 13.2 Å². The van der Waals surface area contributed by atoms with Crippen LogP contribution in [0.5, 0.6) is 0 Å². The third-order valence-corrected chi connectivity index (χ3v) is 3.25. The lowest BCUT2D eigenvalue weighted by Gasteiger charge is -2.46. The van der Waals surface area contributed by atoms with Gasteiger partial charge >= 0.3 is 0 Å². The number of piperidine rings is 1. The van der Waals surface area contributed by atoms with Crippen molar-refractivity contribution in [3.8, 4) is 0 Å². The molecule has 6 nitrogen and oxygen atoms in total. The topological polar surface area (TPSA) is 81.5 Å². The van der Waals surface area contributed by atoms with E-state index in [1.807, 2.05) is 6.92 Å². The molecule has 1 N–H and O–H groups in total. The fourth-order valence-electron chi connectivity index (χ4n) is 2.26. The number of carbonyl (C=O) groups is 1. The Morgan fingerprint density at radius 3 is 2.73 bits per heavy atom. The van der Waals surface area contributed by atoms with Gasteiger partial charge in [0.25, 0.3) is 0 Å². The van der Waals surface area contributed by atoms with Gasteiger partial charge in [0.1, 0.15) is 6.04 Å². The Labute approximate surface area is 87.1 Å². The third-order valence-electron chi connectivity index (χ3n) is 3.25. The van der Waals surface area contributed by atoms with Gasteiger partial charge in [0, 0.05) is 23.2 Å². The normalized spacial score (nSPS) is 34.1. The van der Waals surface area contributed by atoms with Gasteiger partial charge in [0.15, 0.2) is 0 Å². The van der Waals surface area contributed by atoms with E-state index in [-0.39, 0.29) is 28.7 Å². The van der Waals surface area contributed by atoms with Crippen LogP contribution < -0.4 is 5.32 Å². The first kappa shape index (κ1) is 10.4. The van der Waals surface area contributed by atoms with Crippen LogP contribution in [0.3, 0.4) is 0 Å². The van der Waals surface area contributed by atoms with Crippen LogP contribution in [0.15, 0.2) is 0 Å². The van der Waals surface area contributed by atoms with Gasteiger partial charge in [-0.2, -0.15) is 0 Å². The summed E-state index contributed by atoms with van der Waals surface area (Å²) < 4.78 is 5.08. The van der Waals surface area contributed by atoms with E-state index in [4.69, 9.17) is 4.74 Å². The minimum Gasteiger partial charge on any atom is -0.380 e. The molecule has 2 fully saturated rings. The molecule has 2 aliphatic heterocycles. The number of nitrogens with one attached hydrogen (secondary N) is 1. The van der Waals surface area contributed by atoms with Gasteiger partial charge in [-0.15, -0.1) is 0 Å². The second-order valence-electron chi connectivity index (χ2n) is 4.58. The number of hydrogen-bond donors (Lipinski definition) is 1. The molecule has 2 atom stereocenters. The van der Waals surface area contributed by atoms with Crippen molar-refractivity contribution in [1.82, 2.24) is 5.32 Å². The molecule has 0 aliphatic carbocycles. The molecule has 0 aromatic carbocycles. The Kier molecular flexibility index (Phi) is 2.38. The van der Waals surface area contributed by atoms with E-state index < -0.39 is 6.04 Å². The number of rotatable bonds is 2. The van der Waals surface area contributed by atoms with E-state index >= 15 is 0 Å². The molecular formula is C9H14N2O4. The molecule has 2 rings (SSSR count). The largest absolute Gasteiger partial charge is 0.380 e. The summed E-state index contributed by atoms with van der Waals surface area (Å²) in [5.74, 6) is -0.0915. The Morgan fingerprint density at radius 2 is 2.27 bits per heavy atom. The van der Waals surface area contributed by atoms with Crippen LogP contribution in [-0.2, 0) is 9.53 Å². The van der Waals surface area contributed by atoms with Crippen molar-refractivity contribution >= 4 is 5.91 Å².